The Hall–Kier alpha value is -0.510. The van der Waals surface area contributed by atoms with E-state index in [1.54, 1.807) is 6.92 Å². The standard InChI is InChI=1S/C14H28O7S2/c1-7-8-10(2)13(20-22(5,16)17)12(4)14(11(3)9-15)21-23(6,18)19/h9-14H,7-8H2,1-6H3/t10-,11-,12-,13+,14-/m0/s1. The van der Waals surface area contributed by atoms with Gasteiger partial charge < -0.3 is 4.79 Å². The predicted octanol–water partition coefficient (Wildman–Crippen LogP) is 1.58. The summed E-state index contributed by atoms with van der Waals surface area (Å²) in [6, 6.07) is 0. The maximum absolute atomic E-state index is 11.6. The average molecular weight is 373 g/mol. The van der Waals surface area contributed by atoms with E-state index in [1.165, 1.54) is 6.92 Å². The van der Waals surface area contributed by atoms with Crippen LogP contribution in [0.3, 0.4) is 0 Å². The van der Waals surface area contributed by atoms with Gasteiger partial charge in [0.25, 0.3) is 20.2 Å². The molecule has 0 aromatic rings. The van der Waals surface area contributed by atoms with E-state index < -0.39 is 44.3 Å². The van der Waals surface area contributed by atoms with Gasteiger partial charge in [-0.2, -0.15) is 16.8 Å². The maximum atomic E-state index is 11.6. The van der Waals surface area contributed by atoms with Gasteiger partial charge in [-0.25, -0.2) is 0 Å². The number of carbonyl (C=O) groups excluding carboxylic acids is 1. The van der Waals surface area contributed by atoms with Crippen molar-refractivity contribution in [3.05, 3.63) is 0 Å². The summed E-state index contributed by atoms with van der Waals surface area (Å²) in [5.41, 5.74) is 0. The van der Waals surface area contributed by atoms with Crippen molar-refractivity contribution in [1.29, 1.82) is 0 Å². The second-order valence-corrected chi connectivity index (χ2v) is 9.35. The predicted molar refractivity (Wildman–Crippen MR) is 87.9 cm³/mol. The van der Waals surface area contributed by atoms with Gasteiger partial charge in [0.05, 0.1) is 24.7 Å². The maximum Gasteiger partial charge on any atom is 0.264 e. The van der Waals surface area contributed by atoms with Crippen LogP contribution in [0.2, 0.25) is 0 Å². The molecular formula is C14H28O7S2. The Labute approximate surface area is 140 Å². The molecule has 0 saturated heterocycles. The number of rotatable bonds is 11. The van der Waals surface area contributed by atoms with Crippen LogP contribution in [-0.2, 0) is 33.4 Å². The lowest BCUT2D eigenvalue weighted by molar-refractivity contribution is -0.114. The minimum Gasteiger partial charge on any atom is -0.303 e. The minimum absolute atomic E-state index is 0.144. The Bertz CT molecular complexity index is 568. The molecule has 0 aliphatic rings. The summed E-state index contributed by atoms with van der Waals surface area (Å²) in [6.07, 6.45) is 2.18. The van der Waals surface area contributed by atoms with E-state index in [9.17, 15) is 21.6 Å². The summed E-state index contributed by atoms with van der Waals surface area (Å²) in [6.45, 7) is 6.95. The third kappa shape index (κ3) is 8.78. The Balaban J connectivity index is 5.63. The van der Waals surface area contributed by atoms with Gasteiger partial charge in [-0.15, -0.1) is 0 Å². The molecule has 9 heteroatoms. The summed E-state index contributed by atoms with van der Waals surface area (Å²) in [7, 11) is -7.54. The molecule has 0 spiro atoms. The molecule has 5 atom stereocenters. The van der Waals surface area contributed by atoms with Gasteiger partial charge in [0, 0.05) is 11.8 Å². The molecule has 0 radical (unpaired) electrons. The fraction of sp³-hybridized carbons (Fsp3) is 0.929. The third-order valence-corrected chi connectivity index (χ3v) is 4.79. The van der Waals surface area contributed by atoms with E-state index in [0.717, 1.165) is 18.9 Å². The number of aldehydes is 1. The molecule has 0 aliphatic heterocycles. The van der Waals surface area contributed by atoms with Crippen molar-refractivity contribution in [2.45, 2.75) is 52.7 Å². The average Bonchev–Trinajstić information content (AvgIpc) is 2.38. The van der Waals surface area contributed by atoms with Crippen molar-refractivity contribution >= 4 is 26.5 Å². The summed E-state index contributed by atoms with van der Waals surface area (Å²) < 4.78 is 56.3. The van der Waals surface area contributed by atoms with Gasteiger partial charge in [0.15, 0.2) is 0 Å². The molecule has 0 aromatic heterocycles. The lowest BCUT2D eigenvalue weighted by atomic mass is 9.83. The van der Waals surface area contributed by atoms with E-state index in [4.69, 9.17) is 8.37 Å². The largest absolute Gasteiger partial charge is 0.303 e. The Morgan fingerprint density at radius 3 is 1.70 bits per heavy atom. The van der Waals surface area contributed by atoms with Gasteiger partial charge in [0.1, 0.15) is 6.29 Å². The lowest BCUT2D eigenvalue weighted by Gasteiger charge is -2.34. The summed E-state index contributed by atoms with van der Waals surface area (Å²) in [5, 5.41) is 0. The van der Waals surface area contributed by atoms with Gasteiger partial charge in [0.2, 0.25) is 0 Å². The number of carbonyl (C=O) groups is 1. The molecule has 0 N–H and O–H groups in total. The highest BCUT2D eigenvalue weighted by atomic mass is 32.2. The zero-order valence-corrected chi connectivity index (χ0v) is 16.2. The Morgan fingerprint density at radius 2 is 1.35 bits per heavy atom. The monoisotopic (exact) mass is 372 g/mol. The Kier molecular flexibility index (Phi) is 8.90. The Morgan fingerprint density at radius 1 is 0.913 bits per heavy atom. The van der Waals surface area contributed by atoms with Crippen LogP contribution in [0.5, 0.6) is 0 Å². The highest BCUT2D eigenvalue weighted by Crippen LogP contribution is 2.29. The van der Waals surface area contributed by atoms with E-state index >= 15 is 0 Å². The topological polar surface area (TPSA) is 104 Å². The van der Waals surface area contributed by atoms with Crippen LogP contribution in [0.25, 0.3) is 0 Å². The van der Waals surface area contributed by atoms with Crippen LogP contribution in [0.15, 0.2) is 0 Å². The lowest BCUT2D eigenvalue weighted by Crippen LogP contribution is -2.43. The summed E-state index contributed by atoms with van der Waals surface area (Å²) in [4.78, 5) is 11.1. The molecule has 23 heavy (non-hydrogen) atoms. The molecule has 0 amide bonds. The first kappa shape index (κ1) is 22.5. The van der Waals surface area contributed by atoms with Gasteiger partial charge >= 0.3 is 0 Å². The van der Waals surface area contributed by atoms with Crippen LogP contribution in [0.1, 0.15) is 40.5 Å². The van der Waals surface area contributed by atoms with Crippen LogP contribution < -0.4 is 0 Å². The fourth-order valence-corrected chi connectivity index (χ4v) is 4.17. The molecule has 0 aromatic carbocycles. The van der Waals surface area contributed by atoms with Crippen molar-refractivity contribution in [2.75, 3.05) is 12.5 Å². The van der Waals surface area contributed by atoms with Crippen molar-refractivity contribution in [1.82, 2.24) is 0 Å². The molecule has 0 heterocycles. The first-order chi connectivity index (χ1) is 10.3. The van der Waals surface area contributed by atoms with Crippen molar-refractivity contribution in [3.8, 4) is 0 Å². The van der Waals surface area contributed by atoms with Crippen LogP contribution in [0, 0.1) is 17.8 Å². The van der Waals surface area contributed by atoms with Crippen LogP contribution in [-0.4, -0.2) is 47.8 Å². The molecule has 0 rings (SSSR count). The molecule has 0 unspecified atom stereocenters. The zero-order valence-electron chi connectivity index (χ0n) is 14.6. The number of hydrogen-bond donors (Lipinski definition) is 0. The van der Waals surface area contributed by atoms with Crippen LogP contribution in [0.4, 0.5) is 0 Å². The molecule has 7 nitrogen and oxygen atoms in total. The molecule has 0 bridgehead atoms. The van der Waals surface area contributed by atoms with Gasteiger partial charge in [-0.1, -0.05) is 34.1 Å². The van der Waals surface area contributed by atoms with Gasteiger partial charge in [-0.05, 0) is 12.3 Å². The normalized spacial score (nSPS) is 19.6. The first-order valence-electron chi connectivity index (χ1n) is 7.54. The first-order valence-corrected chi connectivity index (χ1v) is 11.2. The molecule has 138 valence electrons. The van der Waals surface area contributed by atoms with Crippen molar-refractivity contribution in [2.24, 2.45) is 17.8 Å². The van der Waals surface area contributed by atoms with E-state index in [0.29, 0.717) is 12.7 Å². The minimum atomic E-state index is -3.80. The second kappa shape index (κ2) is 9.10. The molecular weight excluding hydrogens is 344 g/mol. The van der Waals surface area contributed by atoms with E-state index in [1.807, 2.05) is 13.8 Å². The smallest absolute Gasteiger partial charge is 0.264 e. The van der Waals surface area contributed by atoms with Crippen molar-refractivity contribution < 1.29 is 30.0 Å². The summed E-state index contributed by atoms with van der Waals surface area (Å²) in [5.74, 6) is -1.48. The van der Waals surface area contributed by atoms with Crippen molar-refractivity contribution in [3.63, 3.8) is 0 Å². The second-order valence-electron chi connectivity index (χ2n) is 6.15. The molecule has 0 saturated carbocycles. The fourth-order valence-electron chi connectivity index (χ4n) is 2.64. The van der Waals surface area contributed by atoms with Gasteiger partial charge in [-0.3, -0.25) is 8.37 Å². The highest BCUT2D eigenvalue weighted by Gasteiger charge is 2.37. The summed E-state index contributed by atoms with van der Waals surface area (Å²) >= 11 is 0. The van der Waals surface area contributed by atoms with Crippen LogP contribution >= 0.6 is 0 Å². The zero-order chi connectivity index (χ0) is 18.4. The molecule has 0 aliphatic carbocycles. The van der Waals surface area contributed by atoms with E-state index in [-0.39, 0.29) is 5.92 Å². The third-order valence-electron chi connectivity index (χ3n) is 3.65. The number of hydrogen-bond acceptors (Lipinski definition) is 7. The quantitative estimate of drug-likeness (QED) is 0.400. The van der Waals surface area contributed by atoms with E-state index in [2.05, 4.69) is 0 Å². The SMILES string of the molecule is CCC[C@H](C)[C@@H](OS(C)(=O)=O)[C@H](C)[C@@H](OS(C)(=O)=O)[C@@H](C)C=O. The highest BCUT2D eigenvalue weighted by molar-refractivity contribution is 7.86. The molecule has 0 fully saturated rings.